The SMILES string of the molecule is C/C=C/C=C/C(=O)N1CC[NH+](CC(=O)Nc2ccc(OC(F)(F)F)cc2)CC1. The van der Waals surface area contributed by atoms with Crippen molar-refractivity contribution in [1.82, 2.24) is 4.90 Å². The topological polar surface area (TPSA) is 63.1 Å². The van der Waals surface area contributed by atoms with E-state index in [0.29, 0.717) is 31.9 Å². The van der Waals surface area contributed by atoms with Crippen LogP contribution >= 0.6 is 0 Å². The van der Waals surface area contributed by atoms with E-state index in [-0.39, 0.29) is 24.1 Å². The average Bonchev–Trinajstić information content (AvgIpc) is 2.63. The van der Waals surface area contributed by atoms with Crippen molar-refractivity contribution in [2.24, 2.45) is 0 Å². The maximum atomic E-state index is 12.1. The molecule has 0 aromatic heterocycles. The molecule has 1 fully saturated rings. The van der Waals surface area contributed by atoms with Gasteiger partial charge in [0.05, 0.1) is 26.2 Å². The highest BCUT2D eigenvalue weighted by Crippen LogP contribution is 2.23. The van der Waals surface area contributed by atoms with Crippen LogP contribution in [0.5, 0.6) is 5.75 Å². The van der Waals surface area contributed by atoms with Gasteiger partial charge in [0.1, 0.15) is 5.75 Å². The molecule has 1 saturated heterocycles. The minimum Gasteiger partial charge on any atom is -0.406 e. The molecule has 0 bridgehead atoms. The second kappa shape index (κ2) is 9.93. The minimum atomic E-state index is -4.75. The van der Waals surface area contributed by atoms with E-state index in [1.807, 2.05) is 13.0 Å². The van der Waals surface area contributed by atoms with Gasteiger partial charge in [-0.05, 0) is 31.2 Å². The number of rotatable bonds is 6. The molecule has 1 aromatic carbocycles. The lowest BCUT2D eigenvalue weighted by Crippen LogP contribution is -3.15. The van der Waals surface area contributed by atoms with Gasteiger partial charge in [0.25, 0.3) is 5.91 Å². The van der Waals surface area contributed by atoms with Crippen LogP contribution in [0.25, 0.3) is 0 Å². The summed E-state index contributed by atoms with van der Waals surface area (Å²) >= 11 is 0. The smallest absolute Gasteiger partial charge is 0.406 e. The van der Waals surface area contributed by atoms with Crippen molar-refractivity contribution in [1.29, 1.82) is 0 Å². The fourth-order valence-electron chi connectivity index (χ4n) is 2.75. The zero-order chi connectivity index (χ0) is 20.6. The Labute approximate surface area is 161 Å². The molecule has 0 spiro atoms. The first-order valence-corrected chi connectivity index (χ1v) is 8.84. The maximum absolute atomic E-state index is 12.1. The summed E-state index contributed by atoms with van der Waals surface area (Å²) in [5, 5.41) is 2.65. The Morgan fingerprint density at radius 3 is 2.39 bits per heavy atom. The first-order valence-electron chi connectivity index (χ1n) is 8.84. The molecule has 1 aromatic rings. The summed E-state index contributed by atoms with van der Waals surface area (Å²) in [4.78, 5) is 26.9. The van der Waals surface area contributed by atoms with Gasteiger partial charge in [-0.25, -0.2) is 0 Å². The van der Waals surface area contributed by atoms with Crippen LogP contribution in [0.2, 0.25) is 0 Å². The number of carbonyl (C=O) groups excluding carboxylic acids is 2. The fourth-order valence-corrected chi connectivity index (χ4v) is 2.75. The number of carbonyl (C=O) groups is 2. The molecular formula is C19H23F3N3O3+. The third-order valence-corrected chi connectivity index (χ3v) is 4.11. The molecule has 2 amide bonds. The molecule has 2 N–H and O–H groups in total. The van der Waals surface area contributed by atoms with Crippen LogP contribution in [0.3, 0.4) is 0 Å². The maximum Gasteiger partial charge on any atom is 0.573 e. The Bertz CT molecular complexity index is 722. The molecule has 0 aliphatic carbocycles. The Hall–Kier alpha value is -2.81. The third-order valence-electron chi connectivity index (χ3n) is 4.11. The van der Waals surface area contributed by atoms with E-state index >= 15 is 0 Å². The van der Waals surface area contributed by atoms with Crippen LogP contribution < -0.4 is 15.0 Å². The monoisotopic (exact) mass is 398 g/mol. The Morgan fingerprint density at radius 2 is 1.82 bits per heavy atom. The van der Waals surface area contributed by atoms with E-state index in [1.54, 1.807) is 17.1 Å². The number of nitrogens with one attached hydrogen (secondary N) is 2. The van der Waals surface area contributed by atoms with Crippen LogP contribution in [0.15, 0.2) is 48.6 Å². The zero-order valence-electron chi connectivity index (χ0n) is 15.5. The van der Waals surface area contributed by atoms with Gasteiger partial charge < -0.3 is 19.9 Å². The standard InChI is InChI=1S/C19H22F3N3O3/c1-2-3-4-5-18(27)25-12-10-24(11-13-25)14-17(26)23-15-6-8-16(9-7-15)28-19(20,21)22/h2-9H,10-14H2,1H3,(H,23,26)/p+1/b3-2+,5-4+. The highest BCUT2D eigenvalue weighted by atomic mass is 19.4. The zero-order valence-corrected chi connectivity index (χ0v) is 15.5. The highest BCUT2D eigenvalue weighted by Gasteiger charge is 2.31. The van der Waals surface area contributed by atoms with Crippen LogP contribution in [-0.4, -0.2) is 55.8 Å². The van der Waals surface area contributed by atoms with Gasteiger partial charge in [0.15, 0.2) is 6.54 Å². The van der Waals surface area contributed by atoms with Gasteiger partial charge in [-0.3, -0.25) is 9.59 Å². The Balaban J connectivity index is 1.76. The summed E-state index contributed by atoms with van der Waals surface area (Å²) in [6.45, 7) is 4.50. The van der Waals surface area contributed by atoms with Crippen LogP contribution in [0.4, 0.5) is 18.9 Å². The van der Waals surface area contributed by atoms with Gasteiger partial charge >= 0.3 is 6.36 Å². The number of alkyl halides is 3. The number of quaternary nitrogens is 1. The Morgan fingerprint density at radius 1 is 1.18 bits per heavy atom. The van der Waals surface area contributed by atoms with E-state index < -0.39 is 6.36 Å². The van der Waals surface area contributed by atoms with Gasteiger partial charge in [-0.1, -0.05) is 18.2 Å². The van der Waals surface area contributed by atoms with E-state index in [9.17, 15) is 22.8 Å². The number of amides is 2. The van der Waals surface area contributed by atoms with Crippen molar-refractivity contribution in [2.75, 3.05) is 38.0 Å². The van der Waals surface area contributed by atoms with Gasteiger partial charge in [-0.2, -0.15) is 0 Å². The number of halogens is 3. The van der Waals surface area contributed by atoms with E-state index in [0.717, 1.165) is 17.0 Å². The predicted molar refractivity (Wildman–Crippen MR) is 97.9 cm³/mol. The third kappa shape index (κ3) is 7.43. The minimum absolute atomic E-state index is 0.0530. The molecule has 152 valence electrons. The number of piperazine rings is 1. The average molecular weight is 398 g/mol. The second-order valence-electron chi connectivity index (χ2n) is 6.26. The van der Waals surface area contributed by atoms with Crippen molar-refractivity contribution in [3.8, 4) is 5.75 Å². The Kier molecular flexibility index (Phi) is 7.62. The quantitative estimate of drug-likeness (QED) is 0.562. The van der Waals surface area contributed by atoms with E-state index in [1.165, 1.54) is 18.2 Å². The van der Waals surface area contributed by atoms with Gasteiger partial charge in [0, 0.05) is 11.8 Å². The molecule has 0 atom stereocenters. The van der Waals surface area contributed by atoms with E-state index in [2.05, 4.69) is 10.1 Å². The van der Waals surface area contributed by atoms with Crippen molar-refractivity contribution in [2.45, 2.75) is 13.3 Å². The number of ether oxygens (including phenoxy) is 1. The first-order chi connectivity index (χ1) is 13.3. The summed E-state index contributed by atoms with van der Waals surface area (Å²) in [5.74, 6) is -0.643. The van der Waals surface area contributed by atoms with Crippen LogP contribution in [-0.2, 0) is 9.59 Å². The predicted octanol–water partition coefficient (Wildman–Crippen LogP) is 1.38. The number of benzene rings is 1. The molecule has 1 aliphatic rings. The largest absolute Gasteiger partial charge is 0.573 e. The van der Waals surface area contributed by atoms with Crippen LogP contribution in [0, 0.1) is 0 Å². The number of allylic oxidation sites excluding steroid dienone is 3. The molecule has 0 unspecified atom stereocenters. The van der Waals surface area contributed by atoms with Crippen molar-refractivity contribution in [3.63, 3.8) is 0 Å². The highest BCUT2D eigenvalue weighted by molar-refractivity contribution is 5.91. The number of hydrogen-bond acceptors (Lipinski definition) is 3. The fraction of sp³-hybridized carbons (Fsp3) is 0.368. The normalized spacial score (nSPS) is 15.9. The van der Waals surface area contributed by atoms with Crippen molar-refractivity contribution >= 4 is 17.5 Å². The molecule has 0 saturated carbocycles. The van der Waals surface area contributed by atoms with Gasteiger partial charge in [0.2, 0.25) is 5.91 Å². The molecule has 0 radical (unpaired) electrons. The lowest BCUT2D eigenvalue weighted by molar-refractivity contribution is -0.895. The molecular weight excluding hydrogens is 375 g/mol. The summed E-state index contributed by atoms with van der Waals surface area (Å²) < 4.78 is 40.2. The number of anilines is 1. The second-order valence-corrected chi connectivity index (χ2v) is 6.26. The molecule has 9 heteroatoms. The van der Waals surface area contributed by atoms with Crippen molar-refractivity contribution < 1.29 is 32.4 Å². The molecule has 1 aliphatic heterocycles. The molecule has 6 nitrogen and oxygen atoms in total. The lowest BCUT2D eigenvalue weighted by atomic mass is 10.2. The first kappa shape index (κ1) is 21.5. The van der Waals surface area contributed by atoms with Gasteiger partial charge in [-0.15, -0.1) is 13.2 Å². The molecule has 1 heterocycles. The number of nitrogens with zero attached hydrogens (tertiary/aromatic N) is 1. The summed E-state index contributed by atoms with van der Waals surface area (Å²) in [6, 6.07) is 4.98. The summed E-state index contributed by atoms with van der Waals surface area (Å²) in [6.07, 6.45) is 2.08. The molecule has 28 heavy (non-hydrogen) atoms. The van der Waals surface area contributed by atoms with Crippen LogP contribution in [0.1, 0.15) is 6.92 Å². The molecule has 2 rings (SSSR count). The summed E-state index contributed by atoms with van der Waals surface area (Å²) in [7, 11) is 0. The van der Waals surface area contributed by atoms with Crippen molar-refractivity contribution in [3.05, 3.63) is 48.6 Å². The number of hydrogen-bond donors (Lipinski definition) is 2. The lowest BCUT2D eigenvalue weighted by Gasteiger charge is -2.31. The van der Waals surface area contributed by atoms with E-state index in [4.69, 9.17) is 0 Å². The summed E-state index contributed by atoms with van der Waals surface area (Å²) in [5.41, 5.74) is 0.391.